The van der Waals surface area contributed by atoms with Crippen LogP contribution in [-0.2, 0) is 0 Å². The quantitative estimate of drug-likeness (QED) is 0.908. The van der Waals surface area contributed by atoms with Gasteiger partial charge in [-0.25, -0.2) is 0 Å². The Morgan fingerprint density at radius 1 is 1.40 bits per heavy atom. The maximum absolute atomic E-state index is 12.7. The third kappa shape index (κ3) is 3.14. The summed E-state index contributed by atoms with van der Waals surface area (Å²) >= 11 is 0. The van der Waals surface area contributed by atoms with Crippen LogP contribution in [0.1, 0.15) is 49.5 Å². The third-order valence-corrected chi connectivity index (χ3v) is 4.08. The van der Waals surface area contributed by atoms with Crippen molar-refractivity contribution < 1.29 is 4.79 Å². The molecule has 0 spiro atoms. The number of amides is 1. The van der Waals surface area contributed by atoms with Crippen LogP contribution < -0.4 is 5.32 Å². The number of nitrogens with one attached hydrogen (secondary N) is 1. The van der Waals surface area contributed by atoms with Crippen LogP contribution in [0.15, 0.2) is 18.2 Å². The molecule has 0 aliphatic carbocycles. The molecular weight excluding hydrogens is 248 g/mol. The van der Waals surface area contributed by atoms with E-state index < -0.39 is 0 Å². The minimum atomic E-state index is 0.182. The second-order valence-corrected chi connectivity index (χ2v) is 6.10. The van der Waals surface area contributed by atoms with Crippen molar-refractivity contribution in [3.63, 3.8) is 0 Å². The van der Waals surface area contributed by atoms with Crippen molar-refractivity contribution in [2.75, 3.05) is 18.4 Å². The fraction of sp³-hybridized carbons (Fsp3) is 0.588. The van der Waals surface area contributed by atoms with Crippen molar-refractivity contribution in [3.8, 4) is 0 Å². The molecule has 3 heteroatoms. The van der Waals surface area contributed by atoms with Gasteiger partial charge in [0, 0.05) is 30.4 Å². The highest BCUT2D eigenvalue weighted by Gasteiger charge is 2.30. The SMILES string of the molecule is CCCNc1ccc(C(=O)N2CC(C)CC2C)c(C)c1. The molecule has 1 aliphatic heterocycles. The van der Waals surface area contributed by atoms with Crippen LogP contribution in [-0.4, -0.2) is 29.9 Å². The lowest BCUT2D eigenvalue weighted by molar-refractivity contribution is 0.0743. The summed E-state index contributed by atoms with van der Waals surface area (Å²) in [6, 6.07) is 6.41. The van der Waals surface area contributed by atoms with Crippen LogP contribution >= 0.6 is 0 Å². The number of carbonyl (C=O) groups is 1. The van der Waals surface area contributed by atoms with Gasteiger partial charge in [-0.2, -0.15) is 0 Å². The topological polar surface area (TPSA) is 32.3 Å². The Labute approximate surface area is 122 Å². The predicted molar refractivity (Wildman–Crippen MR) is 84.2 cm³/mol. The van der Waals surface area contributed by atoms with Gasteiger partial charge in [-0.05, 0) is 56.4 Å². The van der Waals surface area contributed by atoms with Crippen molar-refractivity contribution in [1.29, 1.82) is 0 Å². The number of hydrogen-bond donors (Lipinski definition) is 1. The highest BCUT2D eigenvalue weighted by atomic mass is 16.2. The highest BCUT2D eigenvalue weighted by molar-refractivity contribution is 5.96. The zero-order chi connectivity index (χ0) is 14.7. The molecule has 2 rings (SSSR count). The average molecular weight is 274 g/mol. The average Bonchev–Trinajstić information content (AvgIpc) is 2.75. The molecule has 0 saturated carbocycles. The Hall–Kier alpha value is -1.51. The van der Waals surface area contributed by atoms with Gasteiger partial charge in [-0.1, -0.05) is 13.8 Å². The summed E-state index contributed by atoms with van der Waals surface area (Å²) in [5.41, 5.74) is 3.00. The largest absolute Gasteiger partial charge is 0.385 e. The number of likely N-dealkylation sites (tertiary alicyclic amines) is 1. The van der Waals surface area contributed by atoms with Gasteiger partial charge in [-0.3, -0.25) is 4.79 Å². The lowest BCUT2D eigenvalue weighted by Gasteiger charge is -2.22. The predicted octanol–water partition coefficient (Wildman–Crippen LogP) is 3.69. The Balaban J connectivity index is 2.14. The molecule has 1 amide bonds. The van der Waals surface area contributed by atoms with E-state index in [2.05, 4.69) is 32.2 Å². The number of benzene rings is 1. The summed E-state index contributed by atoms with van der Waals surface area (Å²) in [4.78, 5) is 14.7. The Kier molecular flexibility index (Phi) is 4.69. The highest BCUT2D eigenvalue weighted by Crippen LogP contribution is 2.26. The first-order valence-corrected chi connectivity index (χ1v) is 7.68. The molecule has 1 saturated heterocycles. The van der Waals surface area contributed by atoms with Gasteiger partial charge in [0.2, 0.25) is 0 Å². The molecule has 20 heavy (non-hydrogen) atoms. The summed E-state index contributed by atoms with van der Waals surface area (Å²) in [6.45, 7) is 10.4. The molecule has 2 unspecified atom stereocenters. The smallest absolute Gasteiger partial charge is 0.254 e. The Bertz CT molecular complexity index is 484. The summed E-state index contributed by atoms with van der Waals surface area (Å²) in [6.07, 6.45) is 2.21. The minimum absolute atomic E-state index is 0.182. The van der Waals surface area contributed by atoms with Crippen molar-refractivity contribution >= 4 is 11.6 Å². The first-order valence-electron chi connectivity index (χ1n) is 7.68. The number of nitrogens with zero attached hydrogens (tertiary/aromatic N) is 1. The van der Waals surface area contributed by atoms with E-state index in [0.29, 0.717) is 12.0 Å². The van der Waals surface area contributed by atoms with Crippen molar-refractivity contribution in [1.82, 2.24) is 4.90 Å². The minimum Gasteiger partial charge on any atom is -0.385 e. The molecule has 110 valence electrons. The van der Waals surface area contributed by atoms with E-state index in [-0.39, 0.29) is 5.91 Å². The molecular formula is C17H26N2O. The molecule has 1 N–H and O–H groups in total. The van der Waals surface area contributed by atoms with Gasteiger partial charge < -0.3 is 10.2 Å². The summed E-state index contributed by atoms with van der Waals surface area (Å²) in [5.74, 6) is 0.793. The molecule has 0 radical (unpaired) electrons. The zero-order valence-electron chi connectivity index (χ0n) is 13.1. The molecule has 1 aromatic rings. The first-order chi connectivity index (χ1) is 9.52. The first kappa shape index (κ1) is 14.9. The van der Waals surface area contributed by atoms with Crippen molar-refractivity contribution in [2.24, 2.45) is 5.92 Å². The molecule has 1 heterocycles. The lowest BCUT2D eigenvalue weighted by Crippen LogP contribution is -2.34. The molecule has 1 fully saturated rings. The third-order valence-electron chi connectivity index (χ3n) is 4.08. The molecule has 0 aromatic heterocycles. The maximum atomic E-state index is 12.7. The summed E-state index contributed by atoms with van der Waals surface area (Å²) < 4.78 is 0. The van der Waals surface area contributed by atoms with Crippen LogP contribution in [0.3, 0.4) is 0 Å². The number of aryl methyl sites for hydroxylation is 1. The second kappa shape index (κ2) is 6.29. The number of rotatable bonds is 4. The summed E-state index contributed by atoms with van der Waals surface area (Å²) in [5, 5.41) is 3.36. The monoisotopic (exact) mass is 274 g/mol. The van der Waals surface area contributed by atoms with E-state index in [0.717, 1.165) is 42.7 Å². The normalized spacial score (nSPS) is 22.1. The van der Waals surface area contributed by atoms with Crippen LogP contribution in [0, 0.1) is 12.8 Å². The lowest BCUT2D eigenvalue weighted by atomic mass is 10.1. The van der Waals surface area contributed by atoms with Gasteiger partial charge >= 0.3 is 0 Å². The maximum Gasteiger partial charge on any atom is 0.254 e. The summed E-state index contributed by atoms with van der Waals surface area (Å²) in [7, 11) is 0. The van der Waals surface area contributed by atoms with Crippen molar-refractivity contribution in [2.45, 2.75) is 46.6 Å². The van der Waals surface area contributed by atoms with Crippen LogP contribution in [0.2, 0.25) is 0 Å². The Morgan fingerprint density at radius 2 is 2.15 bits per heavy atom. The van der Waals surface area contributed by atoms with E-state index in [1.165, 1.54) is 0 Å². The van der Waals surface area contributed by atoms with Gasteiger partial charge in [-0.15, -0.1) is 0 Å². The van der Waals surface area contributed by atoms with E-state index >= 15 is 0 Å². The van der Waals surface area contributed by atoms with Crippen LogP contribution in [0.5, 0.6) is 0 Å². The van der Waals surface area contributed by atoms with Gasteiger partial charge in [0.05, 0.1) is 0 Å². The van der Waals surface area contributed by atoms with Crippen LogP contribution in [0.25, 0.3) is 0 Å². The fourth-order valence-corrected chi connectivity index (χ4v) is 3.02. The second-order valence-electron chi connectivity index (χ2n) is 6.10. The number of carbonyl (C=O) groups excluding carboxylic acids is 1. The van der Waals surface area contributed by atoms with Gasteiger partial charge in [0.25, 0.3) is 5.91 Å². The Morgan fingerprint density at radius 3 is 2.70 bits per heavy atom. The standard InChI is InChI=1S/C17H26N2O/c1-5-8-18-15-6-7-16(13(3)10-15)17(20)19-11-12(2)9-14(19)4/h6-7,10,12,14,18H,5,8-9,11H2,1-4H3. The zero-order valence-corrected chi connectivity index (χ0v) is 13.1. The van der Waals surface area contributed by atoms with Crippen LogP contribution in [0.4, 0.5) is 5.69 Å². The molecule has 2 atom stereocenters. The van der Waals surface area contributed by atoms with E-state index in [1.807, 2.05) is 24.0 Å². The van der Waals surface area contributed by atoms with Gasteiger partial charge in [0.15, 0.2) is 0 Å². The van der Waals surface area contributed by atoms with E-state index in [4.69, 9.17) is 0 Å². The molecule has 1 aromatic carbocycles. The molecule has 1 aliphatic rings. The number of hydrogen-bond acceptors (Lipinski definition) is 2. The molecule has 3 nitrogen and oxygen atoms in total. The van der Waals surface area contributed by atoms with E-state index in [1.54, 1.807) is 0 Å². The fourth-order valence-electron chi connectivity index (χ4n) is 3.02. The van der Waals surface area contributed by atoms with Gasteiger partial charge in [0.1, 0.15) is 0 Å². The molecule has 0 bridgehead atoms. The number of anilines is 1. The van der Waals surface area contributed by atoms with Crippen molar-refractivity contribution in [3.05, 3.63) is 29.3 Å². The van der Waals surface area contributed by atoms with E-state index in [9.17, 15) is 4.79 Å².